The lowest BCUT2D eigenvalue weighted by Gasteiger charge is -2.29. The second kappa shape index (κ2) is 7.64. The third kappa shape index (κ3) is 6.34. The van der Waals surface area contributed by atoms with E-state index in [1.807, 2.05) is 0 Å². The Bertz CT molecular complexity index is 109. The molecule has 0 aromatic heterocycles. The van der Waals surface area contributed by atoms with E-state index in [1.54, 1.807) is 0 Å². The van der Waals surface area contributed by atoms with Crippen molar-refractivity contribution < 1.29 is 4.74 Å². The highest BCUT2D eigenvalue weighted by atomic mass is 35.5. The van der Waals surface area contributed by atoms with Crippen LogP contribution in [0.5, 0.6) is 0 Å². The van der Waals surface area contributed by atoms with Gasteiger partial charge in [-0.1, -0.05) is 26.7 Å². The molecule has 0 aliphatic rings. The average molecular weight is 207 g/mol. The lowest BCUT2D eigenvalue weighted by atomic mass is 9.97. The Kier molecular flexibility index (Phi) is 7.78. The molecular weight excluding hydrogens is 184 g/mol. The molecule has 0 heterocycles. The van der Waals surface area contributed by atoms with Crippen LogP contribution in [0.3, 0.4) is 0 Å². The maximum absolute atomic E-state index is 5.87. The third-order valence-electron chi connectivity index (χ3n) is 2.35. The maximum atomic E-state index is 5.87. The van der Waals surface area contributed by atoms with E-state index < -0.39 is 0 Å². The minimum Gasteiger partial charge on any atom is -0.375 e. The number of rotatable bonds is 8. The van der Waals surface area contributed by atoms with E-state index in [0.29, 0.717) is 5.88 Å². The summed E-state index contributed by atoms with van der Waals surface area (Å²) in [4.78, 5) is 0. The molecule has 0 bridgehead atoms. The summed E-state index contributed by atoms with van der Waals surface area (Å²) in [5.41, 5.74) is 0.0195. The van der Waals surface area contributed by atoms with Gasteiger partial charge in [-0.3, -0.25) is 0 Å². The van der Waals surface area contributed by atoms with E-state index in [9.17, 15) is 0 Å². The van der Waals surface area contributed by atoms with Gasteiger partial charge in [0, 0.05) is 12.5 Å². The molecule has 0 amide bonds. The monoisotopic (exact) mass is 206 g/mol. The lowest BCUT2D eigenvalue weighted by molar-refractivity contribution is -0.0412. The maximum Gasteiger partial charge on any atom is 0.0665 e. The van der Waals surface area contributed by atoms with Crippen LogP contribution in [0, 0.1) is 0 Å². The molecule has 2 heteroatoms. The lowest BCUT2D eigenvalue weighted by Crippen LogP contribution is -2.29. The Morgan fingerprint density at radius 3 is 2.31 bits per heavy atom. The van der Waals surface area contributed by atoms with E-state index in [1.165, 1.54) is 12.8 Å². The van der Waals surface area contributed by atoms with Crippen molar-refractivity contribution >= 4 is 11.6 Å². The number of hydrogen-bond acceptors (Lipinski definition) is 1. The van der Waals surface area contributed by atoms with Crippen molar-refractivity contribution in [3.05, 3.63) is 0 Å². The van der Waals surface area contributed by atoms with E-state index in [4.69, 9.17) is 16.3 Å². The van der Waals surface area contributed by atoms with Gasteiger partial charge in [0.15, 0.2) is 0 Å². The van der Waals surface area contributed by atoms with Gasteiger partial charge >= 0.3 is 0 Å². The van der Waals surface area contributed by atoms with Gasteiger partial charge in [0.1, 0.15) is 0 Å². The molecule has 1 atom stereocenters. The fourth-order valence-corrected chi connectivity index (χ4v) is 1.86. The molecule has 0 spiro atoms. The normalized spacial score (nSPS) is 15.7. The van der Waals surface area contributed by atoms with Gasteiger partial charge in [-0.25, -0.2) is 0 Å². The van der Waals surface area contributed by atoms with Crippen LogP contribution in [-0.4, -0.2) is 18.1 Å². The van der Waals surface area contributed by atoms with Crippen LogP contribution in [-0.2, 0) is 4.74 Å². The van der Waals surface area contributed by atoms with Gasteiger partial charge in [0.25, 0.3) is 0 Å². The quantitative estimate of drug-likeness (QED) is 0.431. The summed E-state index contributed by atoms with van der Waals surface area (Å²) in [5.74, 6) is 0.697. The number of hydrogen-bond donors (Lipinski definition) is 0. The standard InChI is InChI=1S/C11H23ClO/c1-4-6-10-13-11(3,7-5-2)8-9-12/h4-10H2,1-3H3. The Hall–Kier alpha value is 0.250. The molecule has 13 heavy (non-hydrogen) atoms. The molecule has 80 valence electrons. The number of unbranched alkanes of at least 4 members (excludes halogenated alkanes) is 1. The molecular formula is C11H23ClO. The first-order chi connectivity index (χ1) is 6.18. The van der Waals surface area contributed by atoms with Crippen molar-refractivity contribution in [1.29, 1.82) is 0 Å². The van der Waals surface area contributed by atoms with Crippen molar-refractivity contribution in [3.63, 3.8) is 0 Å². The van der Waals surface area contributed by atoms with Gasteiger partial charge < -0.3 is 4.74 Å². The number of ether oxygens (including phenoxy) is 1. The Labute approximate surface area is 87.8 Å². The first kappa shape index (κ1) is 13.2. The van der Waals surface area contributed by atoms with Crippen LogP contribution in [0.25, 0.3) is 0 Å². The summed E-state index contributed by atoms with van der Waals surface area (Å²) in [7, 11) is 0. The summed E-state index contributed by atoms with van der Waals surface area (Å²) in [6.07, 6.45) is 5.60. The zero-order valence-electron chi connectivity index (χ0n) is 9.24. The molecule has 0 fully saturated rings. The molecule has 1 nitrogen and oxygen atoms in total. The Morgan fingerprint density at radius 1 is 1.15 bits per heavy atom. The van der Waals surface area contributed by atoms with Crippen LogP contribution in [0.15, 0.2) is 0 Å². The Morgan fingerprint density at radius 2 is 1.85 bits per heavy atom. The van der Waals surface area contributed by atoms with E-state index >= 15 is 0 Å². The Balaban J connectivity index is 3.76. The second-order valence-electron chi connectivity index (χ2n) is 3.84. The minimum atomic E-state index is 0.0195. The minimum absolute atomic E-state index is 0.0195. The first-order valence-electron chi connectivity index (χ1n) is 5.38. The molecule has 0 aliphatic carbocycles. The molecule has 0 aliphatic heterocycles. The topological polar surface area (TPSA) is 9.23 Å². The first-order valence-corrected chi connectivity index (χ1v) is 5.92. The van der Waals surface area contributed by atoms with Gasteiger partial charge in [-0.2, -0.15) is 0 Å². The van der Waals surface area contributed by atoms with Crippen LogP contribution in [0.4, 0.5) is 0 Å². The fraction of sp³-hybridized carbons (Fsp3) is 1.00. The average Bonchev–Trinajstić information content (AvgIpc) is 2.05. The molecule has 1 unspecified atom stereocenters. The third-order valence-corrected chi connectivity index (χ3v) is 2.54. The molecule has 0 aromatic carbocycles. The van der Waals surface area contributed by atoms with Crippen molar-refractivity contribution in [2.24, 2.45) is 0 Å². The number of alkyl halides is 1. The van der Waals surface area contributed by atoms with Gasteiger partial charge in [0.2, 0.25) is 0 Å². The summed E-state index contributed by atoms with van der Waals surface area (Å²) >= 11 is 5.75. The molecule has 0 aromatic rings. The summed E-state index contributed by atoms with van der Waals surface area (Å²) < 4.78 is 5.87. The van der Waals surface area contributed by atoms with Crippen molar-refractivity contribution in [2.75, 3.05) is 12.5 Å². The number of halogens is 1. The zero-order valence-corrected chi connectivity index (χ0v) is 9.99. The smallest absolute Gasteiger partial charge is 0.0665 e. The summed E-state index contributed by atoms with van der Waals surface area (Å²) in [6, 6.07) is 0. The predicted molar refractivity (Wildman–Crippen MR) is 59.5 cm³/mol. The molecule has 0 radical (unpaired) electrons. The highest BCUT2D eigenvalue weighted by Crippen LogP contribution is 2.22. The summed E-state index contributed by atoms with van der Waals surface area (Å²) in [5, 5.41) is 0. The van der Waals surface area contributed by atoms with E-state index in [0.717, 1.165) is 25.9 Å². The van der Waals surface area contributed by atoms with Crippen molar-refractivity contribution in [2.45, 2.75) is 58.5 Å². The highest BCUT2D eigenvalue weighted by Gasteiger charge is 2.22. The van der Waals surface area contributed by atoms with Crippen LogP contribution in [0.1, 0.15) is 52.9 Å². The van der Waals surface area contributed by atoms with Gasteiger partial charge in [0.05, 0.1) is 5.60 Å². The van der Waals surface area contributed by atoms with Crippen molar-refractivity contribution in [1.82, 2.24) is 0 Å². The van der Waals surface area contributed by atoms with E-state index in [2.05, 4.69) is 20.8 Å². The van der Waals surface area contributed by atoms with Crippen LogP contribution in [0.2, 0.25) is 0 Å². The summed E-state index contributed by atoms with van der Waals surface area (Å²) in [6.45, 7) is 7.43. The fourth-order valence-electron chi connectivity index (χ4n) is 1.46. The SMILES string of the molecule is CCCCOC(C)(CCC)CCCl. The van der Waals surface area contributed by atoms with E-state index in [-0.39, 0.29) is 5.60 Å². The predicted octanol–water partition coefficient (Wildman–Crippen LogP) is 3.99. The zero-order chi connectivity index (χ0) is 10.2. The molecule has 0 rings (SSSR count). The second-order valence-corrected chi connectivity index (χ2v) is 4.22. The van der Waals surface area contributed by atoms with Gasteiger partial charge in [-0.05, 0) is 26.2 Å². The molecule has 0 saturated carbocycles. The van der Waals surface area contributed by atoms with Gasteiger partial charge in [-0.15, -0.1) is 11.6 Å². The van der Waals surface area contributed by atoms with Crippen LogP contribution < -0.4 is 0 Å². The molecule has 0 N–H and O–H groups in total. The van der Waals surface area contributed by atoms with Crippen LogP contribution >= 0.6 is 11.6 Å². The van der Waals surface area contributed by atoms with Crippen molar-refractivity contribution in [3.8, 4) is 0 Å². The molecule has 0 saturated heterocycles. The largest absolute Gasteiger partial charge is 0.375 e. The highest BCUT2D eigenvalue weighted by molar-refractivity contribution is 6.17.